The molecule has 0 saturated carbocycles. The molecule has 3 rings (SSSR count). The topological polar surface area (TPSA) is 17.0 Å². The van der Waals surface area contributed by atoms with E-state index in [1.807, 2.05) is 12.4 Å². The lowest BCUT2D eigenvalue weighted by Gasteiger charge is -1.94. The lowest BCUT2D eigenvalue weighted by atomic mass is 10.2. The molecule has 0 aliphatic carbocycles. The van der Waals surface area contributed by atoms with Gasteiger partial charge in [-0.05, 0) is 11.5 Å². The summed E-state index contributed by atoms with van der Waals surface area (Å²) in [5.74, 6) is 0. The standard InChI is InChI=1S/C12H9N2/c1-2-4-11-9-14-6-5-13-8-12(14)7-10(11)3-1/h1-9H/q+1. The smallest absolute Gasteiger partial charge is 0.229 e. The zero-order chi connectivity index (χ0) is 9.38. The summed E-state index contributed by atoms with van der Waals surface area (Å²) in [6.07, 6.45) is 7.74. The minimum Gasteiger partial charge on any atom is -0.252 e. The molecular formula is C12H9N2+. The highest BCUT2D eigenvalue weighted by atomic mass is 14.9. The monoisotopic (exact) mass is 181 g/mol. The molecule has 2 aromatic heterocycles. The van der Waals surface area contributed by atoms with Gasteiger partial charge in [-0.25, -0.2) is 0 Å². The number of hydrogen-bond donors (Lipinski definition) is 0. The van der Waals surface area contributed by atoms with Gasteiger partial charge in [0.1, 0.15) is 0 Å². The van der Waals surface area contributed by atoms with Crippen LogP contribution in [0.3, 0.4) is 0 Å². The molecule has 2 heteroatoms. The summed E-state index contributed by atoms with van der Waals surface area (Å²) < 4.78 is 2.08. The van der Waals surface area contributed by atoms with Crippen LogP contribution in [0.15, 0.2) is 55.1 Å². The Morgan fingerprint density at radius 2 is 1.93 bits per heavy atom. The van der Waals surface area contributed by atoms with Gasteiger partial charge in [0, 0.05) is 11.5 Å². The Balaban J connectivity index is 2.52. The van der Waals surface area contributed by atoms with Crippen LogP contribution in [0.1, 0.15) is 0 Å². The fourth-order valence-electron chi connectivity index (χ4n) is 1.68. The third-order valence-electron chi connectivity index (χ3n) is 2.40. The summed E-state index contributed by atoms with van der Waals surface area (Å²) in [7, 11) is 0. The number of pyridine rings is 1. The molecule has 2 nitrogen and oxygen atoms in total. The second-order valence-electron chi connectivity index (χ2n) is 3.31. The Morgan fingerprint density at radius 1 is 1.07 bits per heavy atom. The number of aromatic nitrogens is 2. The molecular weight excluding hydrogens is 172 g/mol. The van der Waals surface area contributed by atoms with Crippen molar-refractivity contribution in [3.63, 3.8) is 0 Å². The van der Waals surface area contributed by atoms with E-state index in [1.165, 1.54) is 10.8 Å². The Kier molecular flexibility index (Phi) is 1.47. The van der Waals surface area contributed by atoms with E-state index >= 15 is 0 Å². The molecule has 0 saturated heterocycles. The van der Waals surface area contributed by atoms with Crippen LogP contribution in [-0.4, -0.2) is 4.98 Å². The van der Waals surface area contributed by atoms with E-state index < -0.39 is 0 Å². The summed E-state index contributed by atoms with van der Waals surface area (Å²) in [6.45, 7) is 0. The summed E-state index contributed by atoms with van der Waals surface area (Å²) in [6, 6.07) is 10.5. The second kappa shape index (κ2) is 2.77. The average molecular weight is 181 g/mol. The van der Waals surface area contributed by atoms with Gasteiger partial charge in [-0.15, -0.1) is 0 Å². The van der Waals surface area contributed by atoms with Crippen LogP contribution in [0.2, 0.25) is 0 Å². The van der Waals surface area contributed by atoms with E-state index in [4.69, 9.17) is 0 Å². The zero-order valence-electron chi connectivity index (χ0n) is 7.59. The molecule has 0 aliphatic heterocycles. The molecule has 0 aliphatic rings. The first-order valence-electron chi connectivity index (χ1n) is 4.57. The predicted octanol–water partition coefficient (Wildman–Crippen LogP) is 1.97. The third-order valence-corrected chi connectivity index (χ3v) is 2.40. The van der Waals surface area contributed by atoms with Crippen LogP contribution in [-0.2, 0) is 0 Å². The van der Waals surface area contributed by atoms with Gasteiger partial charge in [-0.2, -0.15) is 4.40 Å². The van der Waals surface area contributed by atoms with Crippen molar-refractivity contribution in [1.29, 1.82) is 0 Å². The molecule has 0 atom stereocenters. The number of hydrogen-bond acceptors (Lipinski definition) is 1. The molecule has 0 spiro atoms. The van der Waals surface area contributed by atoms with Gasteiger partial charge in [0.2, 0.25) is 5.52 Å². The lowest BCUT2D eigenvalue weighted by Crippen LogP contribution is -2.20. The number of fused-ring (bicyclic) bond motifs is 2. The van der Waals surface area contributed by atoms with Crippen LogP contribution < -0.4 is 4.40 Å². The fraction of sp³-hybridized carbons (Fsp3) is 0. The Hall–Kier alpha value is -1.96. The van der Waals surface area contributed by atoms with Crippen LogP contribution in [0.25, 0.3) is 16.3 Å². The molecule has 0 amide bonds. The molecule has 3 aromatic rings. The number of rotatable bonds is 0. The molecule has 0 N–H and O–H groups in total. The van der Waals surface area contributed by atoms with Gasteiger partial charge in [-0.3, -0.25) is 4.98 Å². The maximum absolute atomic E-state index is 4.10. The fourth-order valence-corrected chi connectivity index (χ4v) is 1.68. The molecule has 1 aromatic carbocycles. The normalized spacial score (nSPS) is 10.9. The average Bonchev–Trinajstić information content (AvgIpc) is 2.26. The van der Waals surface area contributed by atoms with Gasteiger partial charge in [0.05, 0.1) is 12.4 Å². The zero-order valence-corrected chi connectivity index (χ0v) is 7.59. The van der Waals surface area contributed by atoms with Crippen molar-refractivity contribution in [1.82, 2.24) is 4.98 Å². The summed E-state index contributed by atoms with van der Waals surface area (Å²) in [4.78, 5) is 4.10. The second-order valence-corrected chi connectivity index (χ2v) is 3.31. The Bertz CT molecular complexity index is 497. The summed E-state index contributed by atoms with van der Waals surface area (Å²) >= 11 is 0. The number of benzene rings is 1. The van der Waals surface area contributed by atoms with Gasteiger partial charge in [0.25, 0.3) is 0 Å². The van der Waals surface area contributed by atoms with Crippen LogP contribution in [0.4, 0.5) is 0 Å². The molecule has 2 heterocycles. The molecule has 0 fully saturated rings. The van der Waals surface area contributed by atoms with Gasteiger partial charge in [-0.1, -0.05) is 18.2 Å². The van der Waals surface area contributed by atoms with E-state index in [0.717, 1.165) is 5.52 Å². The van der Waals surface area contributed by atoms with Crippen molar-refractivity contribution in [3.05, 3.63) is 55.1 Å². The third kappa shape index (κ3) is 1.04. The van der Waals surface area contributed by atoms with Crippen LogP contribution in [0.5, 0.6) is 0 Å². The molecule has 0 bridgehead atoms. The van der Waals surface area contributed by atoms with Crippen molar-refractivity contribution in [2.75, 3.05) is 0 Å². The maximum atomic E-state index is 4.10. The minimum absolute atomic E-state index is 1.12. The highest BCUT2D eigenvalue weighted by Crippen LogP contribution is 2.12. The van der Waals surface area contributed by atoms with Crippen LogP contribution >= 0.6 is 0 Å². The lowest BCUT2D eigenvalue weighted by molar-refractivity contribution is -0.510. The Morgan fingerprint density at radius 3 is 2.86 bits per heavy atom. The van der Waals surface area contributed by atoms with Gasteiger partial charge < -0.3 is 0 Å². The summed E-state index contributed by atoms with van der Waals surface area (Å²) in [5.41, 5.74) is 1.12. The van der Waals surface area contributed by atoms with Crippen LogP contribution in [0, 0.1) is 0 Å². The molecule has 66 valence electrons. The minimum atomic E-state index is 1.12. The van der Waals surface area contributed by atoms with E-state index in [0.29, 0.717) is 0 Å². The SMILES string of the molecule is c1ccc2c[n+]3ccncc3cc2c1. The largest absolute Gasteiger partial charge is 0.252 e. The first-order chi connectivity index (χ1) is 6.93. The van der Waals surface area contributed by atoms with Crippen molar-refractivity contribution in [2.45, 2.75) is 0 Å². The Labute approximate surface area is 81.5 Å². The predicted molar refractivity (Wildman–Crippen MR) is 54.9 cm³/mol. The van der Waals surface area contributed by atoms with E-state index in [9.17, 15) is 0 Å². The number of nitrogens with zero attached hydrogens (tertiary/aromatic N) is 2. The highest BCUT2D eigenvalue weighted by Gasteiger charge is 2.02. The molecule has 14 heavy (non-hydrogen) atoms. The molecule has 0 unspecified atom stereocenters. The van der Waals surface area contributed by atoms with Crippen molar-refractivity contribution in [2.24, 2.45) is 0 Å². The highest BCUT2D eigenvalue weighted by molar-refractivity contribution is 5.83. The first kappa shape index (κ1) is 7.44. The van der Waals surface area contributed by atoms with Crippen molar-refractivity contribution in [3.8, 4) is 0 Å². The van der Waals surface area contributed by atoms with Gasteiger partial charge in [0.15, 0.2) is 12.4 Å². The molecule has 0 radical (unpaired) electrons. The quantitative estimate of drug-likeness (QED) is 0.383. The summed E-state index contributed by atoms with van der Waals surface area (Å²) in [5, 5.41) is 2.50. The van der Waals surface area contributed by atoms with Crippen molar-refractivity contribution >= 4 is 16.3 Å². The van der Waals surface area contributed by atoms with E-state index in [-0.39, 0.29) is 0 Å². The maximum Gasteiger partial charge on any atom is 0.229 e. The van der Waals surface area contributed by atoms with E-state index in [1.54, 1.807) is 6.20 Å². The first-order valence-corrected chi connectivity index (χ1v) is 4.57. The van der Waals surface area contributed by atoms with Crippen molar-refractivity contribution < 1.29 is 4.40 Å². The van der Waals surface area contributed by atoms with Gasteiger partial charge >= 0.3 is 0 Å². The van der Waals surface area contributed by atoms with E-state index in [2.05, 4.69) is 45.9 Å².